The third-order valence-corrected chi connectivity index (χ3v) is 4.35. The van der Waals surface area contributed by atoms with Crippen molar-refractivity contribution in [1.82, 2.24) is 5.43 Å². The van der Waals surface area contributed by atoms with Gasteiger partial charge >= 0.3 is 0 Å². The van der Waals surface area contributed by atoms with Crippen molar-refractivity contribution in [2.24, 2.45) is 11.8 Å². The summed E-state index contributed by atoms with van der Waals surface area (Å²) >= 11 is 4.81. The second-order valence-electron chi connectivity index (χ2n) is 3.97. The van der Waals surface area contributed by atoms with Crippen molar-refractivity contribution in [1.29, 1.82) is 0 Å². The van der Waals surface area contributed by atoms with Gasteiger partial charge in [-0.2, -0.15) is 0 Å². The van der Waals surface area contributed by atoms with Crippen molar-refractivity contribution in [3.63, 3.8) is 0 Å². The number of anilines is 1. The average Bonchev–Trinajstić information content (AvgIpc) is 2.28. The number of hydrazine groups is 1. The van der Waals surface area contributed by atoms with Gasteiger partial charge in [-0.1, -0.05) is 29.8 Å². The lowest BCUT2D eigenvalue weighted by Gasteiger charge is -2.19. The van der Waals surface area contributed by atoms with Gasteiger partial charge in [0.2, 0.25) is 5.91 Å². The number of carbonyl (C=O) groups is 1. The van der Waals surface area contributed by atoms with Crippen LogP contribution in [-0.2, 0) is 4.79 Å². The monoisotopic (exact) mass is 317 g/mol. The van der Waals surface area contributed by atoms with Gasteiger partial charge in [-0.25, -0.2) is 5.84 Å². The summed E-state index contributed by atoms with van der Waals surface area (Å²) in [6.07, 6.45) is 0. The molecule has 1 unspecified atom stereocenters. The molecule has 0 aliphatic rings. The summed E-state index contributed by atoms with van der Waals surface area (Å²) in [5.74, 6) is 5.16. The number of benzene rings is 1. The number of nitrogens with one attached hydrogen (secondary N) is 1. The van der Waals surface area contributed by atoms with E-state index < -0.39 is 0 Å². The van der Waals surface area contributed by atoms with Crippen LogP contribution in [0.15, 0.2) is 27.6 Å². The van der Waals surface area contributed by atoms with Gasteiger partial charge in [0.05, 0.1) is 5.25 Å². The molecule has 1 rings (SSSR count). The Bertz CT molecular complexity index is 412. The van der Waals surface area contributed by atoms with Crippen molar-refractivity contribution in [2.45, 2.75) is 24.0 Å². The van der Waals surface area contributed by atoms with Crippen molar-refractivity contribution in [2.75, 3.05) is 5.73 Å². The lowest BCUT2D eigenvalue weighted by molar-refractivity contribution is -0.121. The first-order valence-electron chi connectivity index (χ1n) is 5.18. The Morgan fingerprint density at radius 3 is 2.65 bits per heavy atom. The Kier molecular flexibility index (Phi) is 5.30. The van der Waals surface area contributed by atoms with Gasteiger partial charge in [0.1, 0.15) is 0 Å². The minimum atomic E-state index is -0.253. The lowest BCUT2D eigenvalue weighted by Crippen LogP contribution is -2.39. The van der Waals surface area contributed by atoms with Gasteiger partial charge in [0.15, 0.2) is 0 Å². The zero-order valence-electron chi connectivity index (χ0n) is 9.74. The summed E-state index contributed by atoms with van der Waals surface area (Å²) in [5, 5.41) is -0.253. The maximum absolute atomic E-state index is 11.6. The molecule has 1 atom stereocenters. The van der Waals surface area contributed by atoms with Gasteiger partial charge in [-0.05, 0) is 24.1 Å². The van der Waals surface area contributed by atoms with Gasteiger partial charge in [0.25, 0.3) is 0 Å². The molecule has 0 fully saturated rings. The summed E-state index contributed by atoms with van der Waals surface area (Å²) < 4.78 is 0.935. The molecule has 0 aromatic heterocycles. The molecule has 0 radical (unpaired) electrons. The number of rotatable bonds is 4. The number of hydrogen-bond donors (Lipinski definition) is 3. The van der Waals surface area contributed by atoms with E-state index in [9.17, 15) is 4.79 Å². The fraction of sp³-hybridized carbons (Fsp3) is 0.364. The zero-order chi connectivity index (χ0) is 13.0. The van der Waals surface area contributed by atoms with Crippen molar-refractivity contribution in [3.05, 3.63) is 22.7 Å². The Hall–Kier alpha value is -0.720. The molecule has 17 heavy (non-hydrogen) atoms. The highest BCUT2D eigenvalue weighted by molar-refractivity contribution is 9.10. The number of hydrogen-bond acceptors (Lipinski definition) is 4. The highest BCUT2D eigenvalue weighted by Gasteiger charge is 2.23. The number of halogens is 1. The standard InChI is InChI=1S/C11H16BrN3OS/c1-6(2)10(11(16)15-14)17-9-5-7(12)3-4-8(9)13/h3-6,10H,13-14H2,1-2H3,(H,15,16). The molecule has 1 aromatic rings. The van der Waals surface area contributed by atoms with E-state index in [-0.39, 0.29) is 17.1 Å². The van der Waals surface area contributed by atoms with E-state index in [0.29, 0.717) is 5.69 Å². The largest absolute Gasteiger partial charge is 0.398 e. The van der Waals surface area contributed by atoms with Crippen molar-refractivity contribution in [3.8, 4) is 0 Å². The smallest absolute Gasteiger partial charge is 0.247 e. The highest BCUT2D eigenvalue weighted by atomic mass is 79.9. The van der Waals surface area contributed by atoms with E-state index in [4.69, 9.17) is 11.6 Å². The number of nitrogens with two attached hydrogens (primary N) is 2. The highest BCUT2D eigenvalue weighted by Crippen LogP contribution is 2.34. The second kappa shape index (κ2) is 6.28. The van der Waals surface area contributed by atoms with Crippen LogP contribution >= 0.6 is 27.7 Å². The first-order chi connectivity index (χ1) is 7.95. The van der Waals surface area contributed by atoms with Gasteiger partial charge in [-0.3, -0.25) is 10.2 Å². The number of amides is 1. The van der Waals surface area contributed by atoms with Crippen molar-refractivity contribution < 1.29 is 4.79 Å². The molecule has 0 aliphatic heterocycles. The molecule has 94 valence electrons. The molecule has 6 heteroatoms. The van der Waals surface area contributed by atoms with E-state index in [1.54, 1.807) is 0 Å². The molecule has 1 amide bonds. The van der Waals surface area contributed by atoms with Crippen LogP contribution in [0.1, 0.15) is 13.8 Å². The first kappa shape index (κ1) is 14.3. The van der Waals surface area contributed by atoms with E-state index in [1.165, 1.54) is 11.8 Å². The fourth-order valence-electron chi connectivity index (χ4n) is 1.32. The number of nitrogen functional groups attached to an aromatic ring is 1. The minimum absolute atomic E-state index is 0.168. The van der Waals surface area contributed by atoms with E-state index in [0.717, 1.165) is 9.37 Å². The van der Waals surface area contributed by atoms with E-state index >= 15 is 0 Å². The van der Waals surface area contributed by atoms with E-state index in [2.05, 4.69) is 21.4 Å². The van der Waals surface area contributed by atoms with Crippen LogP contribution in [-0.4, -0.2) is 11.2 Å². The SMILES string of the molecule is CC(C)C(Sc1cc(Br)ccc1N)C(=O)NN. The Morgan fingerprint density at radius 1 is 1.47 bits per heavy atom. The molecular weight excluding hydrogens is 302 g/mol. The number of thioether (sulfide) groups is 1. The maximum atomic E-state index is 11.6. The van der Waals surface area contributed by atoms with Crippen LogP contribution in [0.25, 0.3) is 0 Å². The number of carbonyl (C=O) groups excluding carboxylic acids is 1. The maximum Gasteiger partial charge on any atom is 0.247 e. The predicted molar refractivity (Wildman–Crippen MR) is 75.4 cm³/mol. The van der Waals surface area contributed by atoms with Crippen molar-refractivity contribution >= 4 is 39.3 Å². The predicted octanol–water partition coefficient (Wildman–Crippen LogP) is 2.14. The summed E-state index contributed by atoms with van der Waals surface area (Å²) in [6.45, 7) is 3.95. The molecular formula is C11H16BrN3OS. The third-order valence-electron chi connectivity index (χ3n) is 2.24. The van der Waals surface area contributed by atoms with Crippen LogP contribution in [0.5, 0.6) is 0 Å². The lowest BCUT2D eigenvalue weighted by atomic mass is 10.1. The molecule has 0 heterocycles. The molecule has 0 spiro atoms. The normalized spacial score (nSPS) is 12.5. The van der Waals surface area contributed by atoms with Gasteiger partial charge < -0.3 is 5.73 Å². The summed E-state index contributed by atoms with van der Waals surface area (Å²) in [5.41, 5.74) is 8.72. The molecule has 0 bridgehead atoms. The Labute approximate surface area is 114 Å². The quantitative estimate of drug-likeness (QED) is 0.261. The molecule has 5 N–H and O–H groups in total. The zero-order valence-corrected chi connectivity index (χ0v) is 12.1. The Balaban J connectivity index is 2.93. The summed E-state index contributed by atoms with van der Waals surface area (Å²) in [6, 6.07) is 5.58. The molecule has 4 nitrogen and oxygen atoms in total. The van der Waals surface area contributed by atoms with Crippen LogP contribution in [0.4, 0.5) is 5.69 Å². The minimum Gasteiger partial charge on any atom is -0.398 e. The molecule has 0 aliphatic carbocycles. The Morgan fingerprint density at radius 2 is 2.12 bits per heavy atom. The third kappa shape index (κ3) is 3.90. The second-order valence-corrected chi connectivity index (χ2v) is 6.07. The molecule has 0 saturated heterocycles. The van der Waals surface area contributed by atoms with Gasteiger partial charge in [-0.15, -0.1) is 11.8 Å². The van der Waals surface area contributed by atoms with E-state index in [1.807, 2.05) is 32.0 Å². The fourth-order valence-corrected chi connectivity index (χ4v) is 2.95. The summed E-state index contributed by atoms with van der Waals surface area (Å²) in [4.78, 5) is 12.5. The molecule has 1 aromatic carbocycles. The summed E-state index contributed by atoms with van der Waals surface area (Å²) in [7, 11) is 0. The topological polar surface area (TPSA) is 81.1 Å². The van der Waals surface area contributed by atoms with Gasteiger partial charge in [0, 0.05) is 15.1 Å². The van der Waals surface area contributed by atoms with Crippen LogP contribution in [0.2, 0.25) is 0 Å². The average molecular weight is 318 g/mol. The first-order valence-corrected chi connectivity index (χ1v) is 6.85. The van der Waals surface area contributed by atoms with Crippen LogP contribution < -0.4 is 17.0 Å². The van der Waals surface area contributed by atoms with Crippen LogP contribution in [0.3, 0.4) is 0 Å². The van der Waals surface area contributed by atoms with Crippen LogP contribution in [0, 0.1) is 5.92 Å². The molecule has 0 saturated carbocycles.